The third-order valence-corrected chi connectivity index (χ3v) is 4.28. The summed E-state index contributed by atoms with van der Waals surface area (Å²) in [6, 6.07) is 23.8. The summed E-state index contributed by atoms with van der Waals surface area (Å²) in [6.07, 6.45) is 0. The fourth-order valence-electron chi connectivity index (χ4n) is 2.79. The standard InChI is InChI=1S/C23H19N3O4/c1-28-20-9-5-8-18(14-20)24-21(27)15-29-19-12-10-17(11-13-19)23-25-22(26-30-23)16-6-3-2-4-7-16/h2-14H,15H2,1H3,(H,24,27). The van der Waals surface area contributed by atoms with Gasteiger partial charge in [0, 0.05) is 22.9 Å². The summed E-state index contributed by atoms with van der Waals surface area (Å²) in [5.41, 5.74) is 2.29. The number of methoxy groups -OCH3 is 1. The summed E-state index contributed by atoms with van der Waals surface area (Å²) >= 11 is 0. The maximum absolute atomic E-state index is 12.1. The van der Waals surface area contributed by atoms with Crippen molar-refractivity contribution >= 4 is 11.6 Å². The van der Waals surface area contributed by atoms with E-state index in [0.29, 0.717) is 28.9 Å². The van der Waals surface area contributed by atoms with Crippen LogP contribution in [0.4, 0.5) is 5.69 Å². The minimum atomic E-state index is -0.267. The Morgan fingerprint density at radius 3 is 2.50 bits per heavy atom. The van der Waals surface area contributed by atoms with Crippen LogP contribution in [0.2, 0.25) is 0 Å². The Kier molecular flexibility index (Phi) is 5.70. The normalized spacial score (nSPS) is 10.4. The molecule has 1 amide bonds. The maximum Gasteiger partial charge on any atom is 0.262 e. The van der Waals surface area contributed by atoms with E-state index < -0.39 is 0 Å². The summed E-state index contributed by atoms with van der Waals surface area (Å²) in [5.74, 6) is 1.90. The third kappa shape index (κ3) is 4.64. The third-order valence-electron chi connectivity index (χ3n) is 4.28. The number of anilines is 1. The first kappa shape index (κ1) is 19.2. The Morgan fingerprint density at radius 1 is 0.933 bits per heavy atom. The largest absolute Gasteiger partial charge is 0.497 e. The first-order valence-electron chi connectivity index (χ1n) is 9.27. The summed E-state index contributed by atoms with van der Waals surface area (Å²) in [4.78, 5) is 16.5. The summed E-state index contributed by atoms with van der Waals surface area (Å²) in [5, 5.41) is 6.78. The molecule has 0 aliphatic rings. The number of hydrogen-bond acceptors (Lipinski definition) is 6. The van der Waals surface area contributed by atoms with Gasteiger partial charge >= 0.3 is 0 Å². The molecular formula is C23H19N3O4. The molecule has 7 nitrogen and oxygen atoms in total. The minimum absolute atomic E-state index is 0.116. The van der Waals surface area contributed by atoms with Crippen molar-refractivity contribution in [1.82, 2.24) is 10.1 Å². The van der Waals surface area contributed by atoms with Gasteiger partial charge in [0.2, 0.25) is 5.82 Å². The van der Waals surface area contributed by atoms with Crippen LogP contribution >= 0.6 is 0 Å². The molecular weight excluding hydrogens is 382 g/mol. The van der Waals surface area contributed by atoms with Crippen LogP contribution in [0.3, 0.4) is 0 Å². The molecule has 0 spiro atoms. The van der Waals surface area contributed by atoms with Crippen molar-refractivity contribution in [3.05, 3.63) is 78.9 Å². The van der Waals surface area contributed by atoms with Gasteiger partial charge < -0.3 is 19.3 Å². The maximum atomic E-state index is 12.1. The van der Waals surface area contributed by atoms with Crippen LogP contribution in [0, 0.1) is 0 Å². The van der Waals surface area contributed by atoms with Gasteiger partial charge in [-0.15, -0.1) is 0 Å². The quantitative estimate of drug-likeness (QED) is 0.493. The molecule has 4 aromatic rings. The molecule has 0 saturated heterocycles. The lowest BCUT2D eigenvalue weighted by Gasteiger charge is -2.08. The highest BCUT2D eigenvalue weighted by molar-refractivity contribution is 5.92. The first-order valence-corrected chi connectivity index (χ1v) is 9.27. The number of benzene rings is 3. The van der Waals surface area contributed by atoms with E-state index in [4.69, 9.17) is 14.0 Å². The number of ether oxygens (including phenoxy) is 2. The zero-order valence-electron chi connectivity index (χ0n) is 16.2. The Bertz CT molecular complexity index is 1120. The molecule has 0 aliphatic heterocycles. The van der Waals surface area contributed by atoms with Crippen molar-refractivity contribution in [1.29, 1.82) is 0 Å². The number of aromatic nitrogens is 2. The number of carbonyl (C=O) groups is 1. The predicted molar refractivity (Wildman–Crippen MR) is 112 cm³/mol. The summed E-state index contributed by atoms with van der Waals surface area (Å²) < 4.78 is 16.0. The molecule has 150 valence electrons. The van der Waals surface area contributed by atoms with Gasteiger partial charge in [0.05, 0.1) is 7.11 Å². The van der Waals surface area contributed by atoms with Crippen molar-refractivity contribution in [2.45, 2.75) is 0 Å². The molecule has 0 fully saturated rings. The van der Waals surface area contributed by atoms with Gasteiger partial charge in [0.1, 0.15) is 11.5 Å². The lowest BCUT2D eigenvalue weighted by Crippen LogP contribution is -2.20. The molecule has 0 atom stereocenters. The van der Waals surface area contributed by atoms with Gasteiger partial charge in [-0.1, -0.05) is 41.6 Å². The molecule has 1 N–H and O–H groups in total. The second-order valence-corrected chi connectivity index (χ2v) is 6.38. The minimum Gasteiger partial charge on any atom is -0.497 e. The van der Waals surface area contributed by atoms with Crippen molar-refractivity contribution in [2.24, 2.45) is 0 Å². The molecule has 0 aliphatic carbocycles. The number of carbonyl (C=O) groups excluding carboxylic acids is 1. The van der Waals surface area contributed by atoms with E-state index in [9.17, 15) is 4.79 Å². The van der Waals surface area contributed by atoms with Crippen molar-refractivity contribution in [3.63, 3.8) is 0 Å². The van der Waals surface area contributed by atoms with Crippen LogP contribution in [-0.2, 0) is 4.79 Å². The lowest BCUT2D eigenvalue weighted by molar-refractivity contribution is -0.118. The van der Waals surface area contributed by atoms with E-state index in [0.717, 1.165) is 11.1 Å². The van der Waals surface area contributed by atoms with Crippen LogP contribution in [0.15, 0.2) is 83.4 Å². The van der Waals surface area contributed by atoms with E-state index in [1.807, 2.05) is 30.3 Å². The Balaban J connectivity index is 1.35. The Hall–Kier alpha value is -4.13. The van der Waals surface area contributed by atoms with Crippen LogP contribution in [0.25, 0.3) is 22.8 Å². The van der Waals surface area contributed by atoms with E-state index >= 15 is 0 Å². The van der Waals surface area contributed by atoms with Gasteiger partial charge in [-0.25, -0.2) is 0 Å². The molecule has 0 radical (unpaired) electrons. The summed E-state index contributed by atoms with van der Waals surface area (Å²) in [7, 11) is 1.57. The molecule has 1 heterocycles. The van der Waals surface area contributed by atoms with E-state index in [1.54, 1.807) is 55.6 Å². The highest BCUT2D eigenvalue weighted by Gasteiger charge is 2.11. The summed E-state index contributed by atoms with van der Waals surface area (Å²) in [6.45, 7) is -0.116. The van der Waals surface area contributed by atoms with Gasteiger partial charge in [-0.3, -0.25) is 4.79 Å². The molecule has 3 aromatic carbocycles. The van der Waals surface area contributed by atoms with Crippen molar-refractivity contribution in [3.8, 4) is 34.3 Å². The van der Waals surface area contributed by atoms with Crippen LogP contribution in [0.1, 0.15) is 0 Å². The zero-order valence-corrected chi connectivity index (χ0v) is 16.2. The number of rotatable bonds is 7. The molecule has 30 heavy (non-hydrogen) atoms. The average molecular weight is 401 g/mol. The molecule has 7 heteroatoms. The van der Waals surface area contributed by atoms with E-state index in [2.05, 4.69) is 15.5 Å². The molecule has 4 rings (SSSR count). The SMILES string of the molecule is COc1cccc(NC(=O)COc2ccc(-c3nc(-c4ccccc4)no3)cc2)c1. The molecule has 1 aromatic heterocycles. The topological polar surface area (TPSA) is 86.5 Å². The Labute approximate surface area is 173 Å². The second kappa shape index (κ2) is 8.91. The zero-order chi connectivity index (χ0) is 20.8. The van der Waals surface area contributed by atoms with Crippen LogP contribution < -0.4 is 14.8 Å². The van der Waals surface area contributed by atoms with Gasteiger partial charge in [0.15, 0.2) is 6.61 Å². The molecule has 0 unspecified atom stereocenters. The smallest absolute Gasteiger partial charge is 0.262 e. The molecule has 0 saturated carbocycles. The Morgan fingerprint density at radius 2 is 1.73 bits per heavy atom. The highest BCUT2D eigenvalue weighted by Crippen LogP contribution is 2.24. The van der Waals surface area contributed by atoms with Crippen molar-refractivity contribution < 1.29 is 18.8 Å². The number of nitrogens with zero attached hydrogens (tertiary/aromatic N) is 2. The number of hydrogen-bond donors (Lipinski definition) is 1. The van der Waals surface area contributed by atoms with Gasteiger partial charge in [-0.2, -0.15) is 4.98 Å². The van der Waals surface area contributed by atoms with E-state index in [1.165, 1.54) is 0 Å². The highest BCUT2D eigenvalue weighted by atomic mass is 16.5. The number of nitrogens with one attached hydrogen (secondary N) is 1. The van der Waals surface area contributed by atoms with Gasteiger partial charge in [-0.05, 0) is 36.4 Å². The van der Waals surface area contributed by atoms with Crippen molar-refractivity contribution in [2.75, 3.05) is 19.0 Å². The number of amides is 1. The second-order valence-electron chi connectivity index (χ2n) is 6.38. The lowest BCUT2D eigenvalue weighted by atomic mass is 10.2. The average Bonchev–Trinajstić information content (AvgIpc) is 3.29. The molecule has 0 bridgehead atoms. The fourth-order valence-corrected chi connectivity index (χ4v) is 2.79. The van der Waals surface area contributed by atoms with Crippen LogP contribution in [0.5, 0.6) is 11.5 Å². The van der Waals surface area contributed by atoms with E-state index in [-0.39, 0.29) is 12.5 Å². The monoisotopic (exact) mass is 401 g/mol. The fraction of sp³-hybridized carbons (Fsp3) is 0.0870. The van der Waals surface area contributed by atoms with Gasteiger partial charge in [0.25, 0.3) is 11.8 Å². The first-order chi connectivity index (χ1) is 14.7. The van der Waals surface area contributed by atoms with Crippen LogP contribution in [-0.4, -0.2) is 29.8 Å². The predicted octanol–water partition coefficient (Wildman–Crippen LogP) is 4.43.